The SMILES string of the molecule is CC(C)(C)CC1NCC(c2cccc(Cl)c2)C1C#N.CC(C)(C)CNC=O.Clc1ccccc1. The standard InChI is InChI=1S/C16H21ClN2.C6H5Cl.C6H13NO/c1-16(2,3)8-15-13(9-18)14(10-19-15)11-5-4-6-12(17)7-11;7-6-4-2-1-3-5-6;1-6(2,3)4-7-5-8/h4-7,13-15,19H,8,10H2,1-3H3;1-5H;5H,4H2,1-3H3,(H,7,8). The number of amides is 1. The molecule has 1 aliphatic rings. The van der Waals surface area contributed by atoms with E-state index in [9.17, 15) is 10.1 Å². The molecule has 1 fully saturated rings. The van der Waals surface area contributed by atoms with Crippen molar-refractivity contribution in [2.45, 2.75) is 59.9 Å². The molecule has 0 bridgehead atoms. The summed E-state index contributed by atoms with van der Waals surface area (Å²) in [6, 6.07) is 20.1. The quantitative estimate of drug-likeness (QED) is 0.437. The molecule has 3 rings (SSSR count). The van der Waals surface area contributed by atoms with Crippen LogP contribution in [-0.2, 0) is 4.79 Å². The minimum atomic E-state index is 0.0256. The lowest BCUT2D eigenvalue weighted by Crippen LogP contribution is -2.31. The zero-order valence-corrected chi connectivity index (χ0v) is 22.8. The number of hydrogen-bond acceptors (Lipinski definition) is 3. The first-order valence-corrected chi connectivity index (χ1v) is 12.4. The van der Waals surface area contributed by atoms with E-state index >= 15 is 0 Å². The first-order chi connectivity index (χ1) is 15.9. The minimum Gasteiger partial charge on any atom is -0.358 e. The fourth-order valence-electron chi connectivity index (χ4n) is 3.68. The van der Waals surface area contributed by atoms with E-state index in [2.05, 4.69) is 64.3 Å². The van der Waals surface area contributed by atoms with Gasteiger partial charge in [-0.1, -0.05) is 95.1 Å². The van der Waals surface area contributed by atoms with E-state index in [1.165, 1.54) is 5.56 Å². The van der Waals surface area contributed by atoms with Crippen molar-refractivity contribution in [3.05, 3.63) is 70.2 Å². The van der Waals surface area contributed by atoms with Crippen LogP contribution in [0.1, 0.15) is 59.4 Å². The van der Waals surface area contributed by atoms with Crippen LogP contribution in [0.5, 0.6) is 0 Å². The Morgan fingerprint density at radius 2 is 1.62 bits per heavy atom. The number of nitriles is 1. The molecule has 1 amide bonds. The zero-order chi connectivity index (χ0) is 25.8. The number of rotatable bonds is 4. The van der Waals surface area contributed by atoms with Crippen LogP contribution in [0, 0.1) is 28.1 Å². The molecule has 0 aliphatic carbocycles. The number of nitrogens with one attached hydrogen (secondary N) is 2. The van der Waals surface area contributed by atoms with Gasteiger partial charge in [0, 0.05) is 35.1 Å². The summed E-state index contributed by atoms with van der Waals surface area (Å²) in [5, 5.41) is 17.2. The molecule has 6 heteroatoms. The highest BCUT2D eigenvalue weighted by Crippen LogP contribution is 2.37. The van der Waals surface area contributed by atoms with Gasteiger partial charge in [-0.15, -0.1) is 0 Å². The maximum atomic E-state index is 9.74. The second kappa shape index (κ2) is 14.4. The maximum absolute atomic E-state index is 9.74. The van der Waals surface area contributed by atoms with Crippen molar-refractivity contribution in [3.63, 3.8) is 0 Å². The summed E-state index contributed by atoms with van der Waals surface area (Å²) < 4.78 is 0. The zero-order valence-electron chi connectivity index (χ0n) is 21.2. The molecule has 1 heterocycles. The molecule has 34 heavy (non-hydrogen) atoms. The summed E-state index contributed by atoms with van der Waals surface area (Å²) in [7, 11) is 0. The third kappa shape index (κ3) is 12.4. The Hall–Kier alpha value is -2.06. The van der Waals surface area contributed by atoms with E-state index < -0.39 is 0 Å². The highest BCUT2D eigenvalue weighted by atomic mass is 35.5. The normalized spacial score (nSPS) is 19.6. The van der Waals surface area contributed by atoms with Gasteiger partial charge in [0.25, 0.3) is 0 Å². The fraction of sp³-hybridized carbons (Fsp3) is 0.500. The largest absolute Gasteiger partial charge is 0.358 e. The Bertz CT molecular complexity index is 898. The number of carbonyl (C=O) groups excluding carboxylic acids is 1. The van der Waals surface area contributed by atoms with Gasteiger partial charge in [-0.3, -0.25) is 4.79 Å². The van der Waals surface area contributed by atoms with E-state index in [0.29, 0.717) is 0 Å². The van der Waals surface area contributed by atoms with Crippen molar-refractivity contribution < 1.29 is 4.79 Å². The number of nitrogens with zero attached hydrogens (tertiary/aromatic N) is 1. The predicted octanol–water partition coefficient (Wildman–Crippen LogP) is 7.09. The van der Waals surface area contributed by atoms with E-state index in [-0.39, 0.29) is 28.7 Å². The van der Waals surface area contributed by atoms with Crippen LogP contribution in [-0.4, -0.2) is 25.5 Å². The number of carbonyl (C=O) groups is 1. The molecule has 2 aromatic carbocycles. The average Bonchev–Trinajstić information content (AvgIpc) is 3.14. The molecule has 0 saturated carbocycles. The molecule has 3 unspecified atom stereocenters. The molecule has 0 spiro atoms. The highest BCUT2D eigenvalue weighted by molar-refractivity contribution is 6.30. The summed E-state index contributed by atoms with van der Waals surface area (Å²) in [6.45, 7) is 14.5. The van der Waals surface area contributed by atoms with Gasteiger partial charge in [0.15, 0.2) is 0 Å². The molecule has 0 aromatic heterocycles. The van der Waals surface area contributed by atoms with E-state index in [0.717, 1.165) is 36.0 Å². The molecular formula is C28H39Cl2N3O. The monoisotopic (exact) mass is 503 g/mol. The Morgan fingerprint density at radius 1 is 1.00 bits per heavy atom. The van der Waals surface area contributed by atoms with Gasteiger partial charge in [-0.05, 0) is 47.1 Å². The molecule has 0 radical (unpaired) electrons. The molecule has 4 nitrogen and oxygen atoms in total. The summed E-state index contributed by atoms with van der Waals surface area (Å²) in [6.07, 6.45) is 1.74. The van der Waals surface area contributed by atoms with Crippen molar-refractivity contribution in [1.82, 2.24) is 10.6 Å². The van der Waals surface area contributed by atoms with Gasteiger partial charge in [0.05, 0.1) is 12.0 Å². The van der Waals surface area contributed by atoms with E-state index in [1.807, 2.05) is 48.5 Å². The molecule has 3 atom stereocenters. The second-order valence-corrected chi connectivity index (χ2v) is 11.8. The third-order valence-corrected chi connectivity index (χ3v) is 5.66. The average molecular weight is 505 g/mol. The van der Waals surface area contributed by atoms with Gasteiger partial charge in [-0.25, -0.2) is 0 Å². The van der Waals surface area contributed by atoms with Crippen LogP contribution in [0.2, 0.25) is 10.0 Å². The Morgan fingerprint density at radius 3 is 2.03 bits per heavy atom. The molecule has 2 aromatic rings. The number of hydrogen-bond donors (Lipinski definition) is 2. The number of benzene rings is 2. The molecule has 1 aliphatic heterocycles. The van der Waals surface area contributed by atoms with Crippen molar-refractivity contribution in [2.24, 2.45) is 16.7 Å². The fourth-order valence-corrected chi connectivity index (χ4v) is 4.02. The van der Waals surface area contributed by atoms with Crippen LogP contribution in [0.15, 0.2) is 54.6 Å². The Labute approximate surface area is 216 Å². The molecule has 186 valence electrons. The van der Waals surface area contributed by atoms with Crippen LogP contribution < -0.4 is 10.6 Å². The topological polar surface area (TPSA) is 64.9 Å². The van der Waals surface area contributed by atoms with Crippen molar-refractivity contribution in [1.29, 1.82) is 5.26 Å². The van der Waals surface area contributed by atoms with Crippen molar-refractivity contribution in [3.8, 4) is 6.07 Å². The molecule has 1 saturated heterocycles. The first kappa shape index (κ1) is 30.0. The Kier molecular flexibility index (Phi) is 12.7. The van der Waals surface area contributed by atoms with Crippen LogP contribution in [0.4, 0.5) is 0 Å². The maximum Gasteiger partial charge on any atom is 0.207 e. The van der Waals surface area contributed by atoms with E-state index in [1.54, 1.807) is 0 Å². The lowest BCUT2D eigenvalue weighted by molar-refractivity contribution is -0.109. The van der Waals surface area contributed by atoms with Crippen molar-refractivity contribution in [2.75, 3.05) is 13.1 Å². The van der Waals surface area contributed by atoms with Gasteiger partial charge < -0.3 is 10.6 Å². The highest BCUT2D eigenvalue weighted by Gasteiger charge is 2.38. The minimum absolute atomic E-state index is 0.0256. The summed E-state index contributed by atoms with van der Waals surface area (Å²) in [5.74, 6) is 0.272. The van der Waals surface area contributed by atoms with Gasteiger partial charge in [-0.2, -0.15) is 5.26 Å². The van der Waals surface area contributed by atoms with Crippen LogP contribution >= 0.6 is 23.2 Å². The van der Waals surface area contributed by atoms with Crippen LogP contribution in [0.3, 0.4) is 0 Å². The smallest absolute Gasteiger partial charge is 0.207 e. The summed E-state index contributed by atoms with van der Waals surface area (Å²) >= 11 is 11.6. The summed E-state index contributed by atoms with van der Waals surface area (Å²) in [4.78, 5) is 9.74. The summed E-state index contributed by atoms with van der Waals surface area (Å²) in [5.41, 5.74) is 1.61. The Balaban J connectivity index is 0.000000317. The molecular weight excluding hydrogens is 465 g/mol. The number of halogens is 2. The van der Waals surface area contributed by atoms with Crippen molar-refractivity contribution >= 4 is 29.6 Å². The first-order valence-electron chi connectivity index (χ1n) is 11.6. The third-order valence-electron chi connectivity index (χ3n) is 5.17. The lowest BCUT2D eigenvalue weighted by atomic mass is 9.79. The van der Waals surface area contributed by atoms with Gasteiger partial charge in [0.1, 0.15) is 0 Å². The van der Waals surface area contributed by atoms with E-state index in [4.69, 9.17) is 23.2 Å². The van der Waals surface area contributed by atoms with Crippen LogP contribution in [0.25, 0.3) is 0 Å². The van der Waals surface area contributed by atoms with Gasteiger partial charge >= 0.3 is 0 Å². The predicted molar refractivity (Wildman–Crippen MR) is 144 cm³/mol. The lowest BCUT2D eigenvalue weighted by Gasteiger charge is -2.25. The van der Waals surface area contributed by atoms with Gasteiger partial charge in [0.2, 0.25) is 6.41 Å². The molecule has 2 N–H and O–H groups in total. The second-order valence-electron chi connectivity index (χ2n) is 11.0.